The van der Waals surface area contributed by atoms with Crippen LogP contribution in [0, 0.1) is 17.0 Å². The Hall–Kier alpha value is -2.36. The van der Waals surface area contributed by atoms with Crippen LogP contribution in [0.25, 0.3) is 0 Å². The molecule has 18 heavy (non-hydrogen) atoms. The van der Waals surface area contributed by atoms with Gasteiger partial charge in [0, 0.05) is 6.07 Å². The number of ether oxygens (including phenoxy) is 1. The van der Waals surface area contributed by atoms with Gasteiger partial charge < -0.3 is 4.74 Å². The Morgan fingerprint density at radius 1 is 1.17 bits per heavy atom. The summed E-state index contributed by atoms with van der Waals surface area (Å²) in [4.78, 5) is 10.5. The van der Waals surface area contributed by atoms with Crippen LogP contribution in [0.4, 0.5) is 5.69 Å². The molecule has 4 heteroatoms. The molecule has 0 atom stereocenters. The van der Waals surface area contributed by atoms with E-state index in [0.29, 0.717) is 12.4 Å². The average molecular weight is 243 g/mol. The molecule has 0 unspecified atom stereocenters. The molecule has 2 aromatic rings. The molecular formula is C14H13NO3. The minimum absolute atomic E-state index is 0.00549. The lowest BCUT2D eigenvalue weighted by Gasteiger charge is -2.07. The summed E-state index contributed by atoms with van der Waals surface area (Å²) in [5, 5.41) is 10.9. The Kier molecular flexibility index (Phi) is 3.57. The second kappa shape index (κ2) is 5.31. The Morgan fingerprint density at radius 3 is 2.56 bits per heavy atom. The summed E-state index contributed by atoms with van der Waals surface area (Å²) < 4.78 is 5.50. The van der Waals surface area contributed by atoms with Crippen LogP contribution in [0.1, 0.15) is 11.1 Å². The predicted molar refractivity (Wildman–Crippen MR) is 68.6 cm³/mol. The van der Waals surface area contributed by atoms with Crippen LogP contribution >= 0.6 is 0 Å². The summed E-state index contributed by atoms with van der Waals surface area (Å²) in [5.41, 5.74) is 1.83. The largest absolute Gasteiger partial charge is 0.482 e. The third-order valence-electron chi connectivity index (χ3n) is 2.55. The molecule has 0 heterocycles. The lowest BCUT2D eigenvalue weighted by Crippen LogP contribution is -1.99. The van der Waals surface area contributed by atoms with Gasteiger partial charge in [-0.05, 0) is 24.1 Å². The number of rotatable bonds is 4. The highest BCUT2D eigenvalue weighted by Crippen LogP contribution is 2.28. The van der Waals surface area contributed by atoms with Crippen LogP contribution in [0.3, 0.4) is 0 Å². The van der Waals surface area contributed by atoms with E-state index in [9.17, 15) is 10.1 Å². The van der Waals surface area contributed by atoms with Gasteiger partial charge in [0.2, 0.25) is 0 Å². The number of hydrogen-bond donors (Lipinski definition) is 0. The van der Waals surface area contributed by atoms with Crippen LogP contribution in [0.2, 0.25) is 0 Å². The standard InChI is InChI=1S/C14H13NO3/c1-11-7-8-14(13(9-11)15(16)17)18-10-12-5-3-2-4-6-12/h2-9H,10H2,1H3. The molecule has 0 saturated carbocycles. The first-order valence-electron chi connectivity index (χ1n) is 5.58. The van der Waals surface area contributed by atoms with Crippen molar-refractivity contribution < 1.29 is 9.66 Å². The maximum Gasteiger partial charge on any atom is 0.311 e. The van der Waals surface area contributed by atoms with Gasteiger partial charge in [-0.1, -0.05) is 36.4 Å². The zero-order chi connectivity index (χ0) is 13.0. The number of nitro groups is 1. The van der Waals surface area contributed by atoms with E-state index in [4.69, 9.17) is 4.74 Å². The summed E-state index contributed by atoms with van der Waals surface area (Å²) in [7, 11) is 0. The summed E-state index contributed by atoms with van der Waals surface area (Å²) in [5.74, 6) is 0.300. The number of benzene rings is 2. The number of hydrogen-bond acceptors (Lipinski definition) is 3. The van der Waals surface area contributed by atoms with Gasteiger partial charge in [-0.15, -0.1) is 0 Å². The molecular weight excluding hydrogens is 230 g/mol. The van der Waals surface area contributed by atoms with Crippen LogP contribution in [-0.4, -0.2) is 4.92 Å². The Balaban J connectivity index is 2.17. The summed E-state index contributed by atoms with van der Waals surface area (Å²) in [6.45, 7) is 2.14. The second-order valence-electron chi connectivity index (χ2n) is 4.00. The quantitative estimate of drug-likeness (QED) is 0.610. The third-order valence-corrected chi connectivity index (χ3v) is 2.55. The molecule has 0 aliphatic heterocycles. The Labute approximate surface area is 105 Å². The molecule has 2 rings (SSSR count). The van der Waals surface area contributed by atoms with Crippen molar-refractivity contribution >= 4 is 5.69 Å². The molecule has 0 aliphatic carbocycles. The molecule has 0 radical (unpaired) electrons. The van der Waals surface area contributed by atoms with Gasteiger partial charge in [0.25, 0.3) is 0 Å². The van der Waals surface area contributed by atoms with Crippen molar-refractivity contribution in [1.82, 2.24) is 0 Å². The number of aryl methyl sites for hydroxylation is 1. The third kappa shape index (κ3) is 2.85. The molecule has 0 spiro atoms. The zero-order valence-corrected chi connectivity index (χ0v) is 10.00. The summed E-state index contributed by atoms with van der Waals surface area (Å²) in [6.07, 6.45) is 0. The lowest BCUT2D eigenvalue weighted by atomic mass is 10.2. The van der Waals surface area contributed by atoms with E-state index in [1.807, 2.05) is 37.3 Å². The van der Waals surface area contributed by atoms with E-state index < -0.39 is 4.92 Å². The fourth-order valence-electron chi connectivity index (χ4n) is 1.63. The van der Waals surface area contributed by atoms with Gasteiger partial charge in [-0.2, -0.15) is 0 Å². The van der Waals surface area contributed by atoms with Gasteiger partial charge in [-0.3, -0.25) is 10.1 Å². The van der Waals surface area contributed by atoms with E-state index in [1.165, 1.54) is 6.07 Å². The normalized spacial score (nSPS) is 10.1. The molecule has 0 fully saturated rings. The first kappa shape index (κ1) is 12.1. The van der Waals surface area contributed by atoms with Crippen molar-refractivity contribution in [3.8, 4) is 5.75 Å². The lowest BCUT2D eigenvalue weighted by molar-refractivity contribution is -0.386. The molecule has 0 aromatic heterocycles. The molecule has 2 aromatic carbocycles. The van der Waals surface area contributed by atoms with Gasteiger partial charge in [0.15, 0.2) is 5.75 Å². The Morgan fingerprint density at radius 2 is 1.89 bits per heavy atom. The van der Waals surface area contributed by atoms with E-state index in [-0.39, 0.29) is 5.69 Å². The van der Waals surface area contributed by atoms with E-state index in [0.717, 1.165) is 11.1 Å². The first-order valence-corrected chi connectivity index (χ1v) is 5.58. The van der Waals surface area contributed by atoms with Crippen molar-refractivity contribution in [2.75, 3.05) is 0 Å². The highest BCUT2D eigenvalue weighted by Gasteiger charge is 2.14. The first-order chi connectivity index (χ1) is 8.66. The highest BCUT2D eigenvalue weighted by atomic mass is 16.6. The van der Waals surface area contributed by atoms with Crippen LogP contribution in [-0.2, 0) is 6.61 Å². The fraction of sp³-hybridized carbons (Fsp3) is 0.143. The van der Waals surface area contributed by atoms with Crippen molar-refractivity contribution in [3.05, 3.63) is 69.8 Å². The van der Waals surface area contributed by atoms with E-state index >= 15 is 0 Å². The molecule has 92 valence electrons. The summed E-state index contributed by atoms with van der Waals surface area (Å²) >= 11 is 0. The fourth-order valence-corrected chi connectivity index (χ4v) is 1.63. The van der Waals surface area contributed by atoms with Crippen molar-refractivity contribution in [2.45, 2.75) is 13.5 Å². The minimum atomic E-state index is -0.423. The number of nitro benzene ring substituents is 1. The average Bonchev–Trinajstić information content (AvgIpc) is 2.38. The Bertz CT molecular complexity index is 552. The van der Waals surface area contributed by atoms with Gasteiger partial charge in [-0.25, -0.2) is 0 Å². The maximum absolute atomic E-state index is 10.9. The topological polar surface area (TPSA) is 52.4 Å². The van der Waals surface area contributed by atoms with Gasteiger partial charge in [0.1, 0.15) is 6.61 Å². The van der Waals surface area contributed by atoms with Crippen LogP contribution in [0.15, 0.2) is 48.5 Å². The SMILES string of the molecule is Cc1ccc(OCc2ccccc2)c([N+](=O)[O-])c1. The molecule has 0 amide bonds. The van der Waals surface area contributed by atoms with Crippen molar-refractivity contribution in [1.29, 1.82) is 0 Å². The zero-order valence-electron chi connectivity index (χ0n) is 10.00. The van der Waals surface area contributed by atoms with E-state index in [1.54, 1.807) is 12.1 Å². The molecule has 0 aliphatic rings. The second-order valence-corrected chi connectivity index (χ2v) is 4.00. The molecule has 0 N–H and O–H groups in total. The van der Waals surface area contributed by atoms with Gasteiger partial charge >= 0.3 is 5.69 Å². The summed E-state index contributed by atoms with van der Waals surface area (Å²) in [6, 6.07) is 14.5. The monoisotopic (exact) mass is 243 g/mol. The minimum Gasteiger partial charge on any atom is -0.482 e. The molecule has 4 nitrogen and oxygen atoms in total. The highest BCUT2D eigenvalue weighted by molar-refractivity contribution is 5.48. The smallest absolute Gasteiger partial charge is 0.311 e. The molecule has 0 bridgehead atoms. The van der Waals surface area contributed by atoms with Crippen LogP contribution < -0.4 is 4.74 Å². The van der Waals surface area contributed by atoms with Crippen LogP contribution in [0.5, 0.6) is 5.75 Å². The van der Waals surface area contributed by atoms with Crippen molar-refractivity contribution in [2.24, 2.45) is 0 Å². The van der Waals surface area contributed by atoms with E-state index in [2.05, 4.69) is 0 Å². The number of nitrogens with zero attached hydrogens (tertiary/aromatic N) is 1. The van der Waals surface area contributed by atoms with Crippen molar-refractivity contribution in [3.63, 3.8) is 0 Å². The van der Waals surface area contributed by atoms with Gasteiger partial charge in [0.05, 0.1) is 4.92 Å². The maximum atomic E-state index is 10.9. The predicted octanol–water partition coefficient (Wildman–Crippen LogP) is 3.48. The molecule has 0 saturated heterocycles.